The molecule has 0 spiro atoms. The number of rotatable bonds is 5. The van der Waals surface area contributed by atoms with Crippen LogP contribution in [0.2, 0.25) is 0 Å². The quantitative estimate of drug-likeness (QED) is 0.699. The number of ketones is 1. The van der Waals surface area contributed by atoms with Gasteiger partial charge in [-0.2, -0.15) is 0 Å². The van der Waals surface area contributed by atoms with Gasteiger partial charge in [0.1, 0.15) is 5.78 Å². The first-order chi connectivity index (χ1) is 6.62. The van der Waals surface area contributed by atoms with Crippen LogP contribution >= 0.6 is 0 Å². The Labute approximate surface area is 95.0 Å². The minimum Gasteiger partial charge on any atom is -0.300 e. The second-order valence-electron chi connectivity index (χ2n) is 5.58. The molecule has 2 heteroatoms. The van der Waals surface area contributed by atoms with E-state index in [9.17, 15) is 4.79 Å². The van der Waals surface area contributed by atoms with Crippen LogP contribution in [0.25, 0.3) is 0 Å². The van der Waals surface area contributed by atoms with Gasteiger partial charge in [0, 0.05) is 23.5 Å². The standard InChI is InChI=1S/C13H27NO/c1-9(2)14(10(3)4)13(7,8)11(5)12(6)15/h9-11H,1-8H3. The van der Waals surface area contributed by atoms with Gasteiger partial charge in [-0.1, -0.05) is 6.92 Å². The van der Waals surface area contributed by atoms with Crippen LogP contribution in [0.5, 0.6) is 0 Å². The van der Waals surface area contributed by atoms with E-state index in [1.165, 1.54) is 0 Å². The summed E-state index contributed by atoms with van der Waals surface area (Å²) in [7, 11) is 0. The summed E-state index contributed by atoms with van der Waals surface area (Å²) < 4.78 is 0. The van der Waals surface area contributed by atoms with E-state index in [2.05, 4.69) is 46.4 Å². The highest BCUT2D eigenvalue weighted by Crippen LogP contribution is 2.29. The molecule has 0 aliphatic rings. The van der Waals surface area contributed by atoms with Gasteiger partial charge in [0.25, 0.3) is 0 Å². The number of carbonyl (C=O) groups excluding carboxylic acids is 1. The first-order valence-corrected chi connectivity index (χ1v) is 5.91. The zero-order chi connectivity index (χ0) is 12.4. The van der Waals surface area contributed by atoms with Crippen molar-refractivity contribution in [1.82, 2.24) is 4.90 Å². The number of hydrogen-bond acceptors (Lipinski definition) is 2. The highest BCUT2D eigenvalue weighted by atomic mass is 16.1. The van der Waals surface area contributed by atoms with E-state index in [0.717, 1.165) is 0 Å². The highest BCUT2D eigenvalue weighted by Gasteiger charge is 2.37. The average molecular weight is 213 g/mol. The zero-order valence-corrected chi connectivity index (χ0v) is 11.6. The molecule has 0 aromatic carbocycles. The molecule has 0 aromatic rings. The molecule has 1 unspecified atom stereocenters. The predicted octanol–water partition coefficient (Wildman–Crippen LogP) is 3.11. The van der Waals surface area contributed by atoms with Gasteiger partial charge in [0.2, 0.25) is 0 Å². The molecule has 0 rings (SSSR count). The van der Waals surface area contributed by atoms with Crippen molar-refractivity contribution in [1.29, 1.82) is 0 Å². The largest absolute Gasteiger partial charge is 0.300 e. The Hall–Kier alpha value is -0.370. The van der Waals surface area contributed by atoms with E-state index in [0.29, 0.717) is 12.1 Å². The Morgan fingerprint density at radius 2 is 1.33 bits per heavy atom. The molecule has 0 aliphatic heterocycles. The van der Waals surface area contributed by atoms with E-state index in [1.807, 2.05) is 6.92 Å². The second kappa shape index (κ2) is 5.11. The molecule has 0 saturated heterocycles. The fraction of sp³-hybridized carbons (Fsp3) is 0.923. The Kier molecular flexibility index (Phi) is 4.98. The molecule has 1 atom stereocenters. The Morgan fingerprint density at radius 3 is 1.53 bits per heavy atom. The summed E-state index contributed by atoms with van der Waals surface area (Å²) in [5.74, 6) is 0.341. The molecular weight excluding hydrogens is 186 g/mol. The summed E-state index contributed by atoms with van der Waals surface area (Å²) in [6, 6.07) is 0.920. The number of carbonyl (C=O) groups is 1. The molecule has 0 aliphatic carbocycles. The van der Waals surface area contributed by atoms with Crippen molar-refractivity contribution in [2.75, 3.05) is 0 Å². The molecule has 0 saturated carbocycles. The average Bonchev–Trinajstić information content (AvgIpc) is 1.99. The molecule has 0 heterocycles. The summed E-state index contributed by atoms with van der Waals surface area (Å²) in [6.45, 7) is 16.8. The fourth-order valence-electron chi connectivity index (χ4n) is 2.65. The predicted molar refractivity (Wildman–Crippen MR) is 66.0 cm³/mol. The van der Waals surface area contributed by atoms with Crippen molar-refractivity contribution < 1.29 is 4.79 Å². The molecule has 2 nitrogen and oxygen atoms in total. The molecule has 90 valence electrons. The lowest BCUT2D eigenvalue weighted by Gasteiger charge is -2.47. The topological polar surface area (TPSA) is 20.3 Å². The van der Waals surface area contributed by atoms with Gasteiger partial charge in [-0.05, 0) is 48.5 Å². The maximum absolute atomic E-state index is 11.5. The van der Waals surface area contributed by atoms with Crippen LogP contribution < -0.4 is 0 Å². The van der Waals surface area contributed by atoms with Gasteiger partial charge < -0.3 is 0 Å². The minimum absolute atomic E-state index is 0.0716. The normalized spacial score (nSPS) is 15.1. The molecule has 0 aromatic heterocycles. The third kappa shape index (κ3) is 3.30. The van der Waals surface area contributed by atoms with Gasteiger partial charge in [-0.25, -0.2) is 0 Å². The van der Waals surface area contributed by atoms with Crippen molar-refractivity contribution in [3.05, 3.63) is 0 Å². The first kappa shape index (κ1) is 14.6. The lowest BCUT2D eigenvalue weighted by molar-refractivity contribution is -0.125. The molecule has 0 radical (unpaired) electrons. The third-order valence-electron chi connectivity index (χ3n) is 3.45. The second-order valence-corrected chi connectivity index (χ2v) is 5.58. The van der Waals surface area contributed by atoms with Gasteiger partial charge >= 0.3 is 0 Å². The smallest absolute Gasteiger partial charge is 0.134 e. The van der Waals surface area contributed by atoms with Crippen LogP contribution in [0.4, 0.5) is 0 Å². The van der Waals surface area contributed by atoms with E-state index in [1.54, 1.807) is 6.92 Å². The molecule has 0 bridgehead atoms. The minimum atomic E-state index is -0.0752. The van der Waals surface area contributed by atoms with E-state index in [-0.39, 0.29) is 17.2 Å². The number of nitrogens with zero attached hydrogens (tertiary/aromatic N) is 1. The van der Waals surface area contributed by atoms with Crippen LogP contribution in [0, 0.1) is 5.92 Å². The number of Topliss-reactive ketones (excluding diaryl/α,β-unsaturated/α-hetero) is 1. The van der Waals surface area contributed by atoms with Crippen molar-refractivity contribution in [3.8, 4) is 0 Å². The van der Waals surface area contributed by atoms with Crippen LogP contribution in [0.15, 0.2) is 0 Å². The Bertz CT molecular complexity index is 211. The maximum Gasteiger partial charge on any atom is 0.134 e. The maximum atomic E-state index is 11.5. The third-order valence-corrected chi connectivity index (χ3v) is 3.45. The molecule has 0 amide bonds. The van der Waals surface area contributed by atoms with Crippen molar-refractivity contribution in [2.24, 2.45) is 5.92 Å². The van der Waals surface area contributed by atoms with Crippen LogP contribution in [0.1, 0.15) is 55.4 Å². The molecule has 0 fully saturated rings. The van der Waals surface area contributed by atoms with Gasteiger partial charge in [0.15, 0.2) is 0 Å². The lowest BCUT2D eigenvalue weighted by atomic mass is 9.83. The zero-order valence-electron chi connectivity index (χ0n) is 11.6. The van der Waals surface area contributed by atoms with E-state index < -0.39 is 0 Å². The van der Waals surface area contributed by atoms with E-state index >= 15 is 0 Å². The summed E-state index contributed by atoms with van der Waals surface area (Å²) in [4.78, 5) is 13.9. The Morgan fingerprint density at radius 1 is 1.00 bits per heavy atom. The van der Waals surface area contributed by atoms with Crippen molar-refractivity contribution >= 4 is 5.78 Å². The summed E-state index contributed by atoms with van der Waals surface area (Å²) in [5.41, 5.74) is -0.0752. The molecular formula is C13H27NO. The van der Waals surface area contributed by atoms with Crippen molar-refractivity contribution in [2.45, 2.75) is 73.0 Å². The fourth-order valence-corrected chi connectivity index (χ4v) is 2.65. The SMILES string of the molecule is CC(=O)C(C)C(C)(C)N(C(C)C)C(C)C. The van der Waals surface area contributed by atoms with E-state index in [4.69, 9.17) is 0 Å². The summed E-state index contributed by atoms with van der Waals surface area (Å²) in [5, 5.41) is 0. The van der Waals surface area contributed by atoms with Gasteiger partial charge in [-0.15, -0.1) is 0 Å². The van der Waals surface area contributed by atoms with Crippen molar-refractivity contribution in [3.63, 3.8) is 0 Å². The highest BCUT2D eigenvalue weighted by molar-refractivity contribution is 5.79. The van der Waals surface area contributed by atoms with Crippen LogP contribution in [-0.2, 0) is 4.79 Å². The van der Waals surface area contributed by atoms with Gasteiger partial charge in [-0.3, -0.25) is 9.69 Å². The number of hydrogen-bond donors (Lipinski definition) is 0. The van der Waals surface area contributed by atoms with Gasteiger partial charge in [0.05, 0.1) is 0 Å². The summed E-state index contributed by atoms with van der Waals surface area (Å²) in [6.07, 6.45) is 0. The Balaban J connectivity index is 5.02. The monoisotopic (exact) mass is 213 g/mol. The van der Waals surface area contributed by atoms with Crippen LogP contribution in [0.3, 0.4) is 0 Å². The summed E-state index contributed by atoms with van der Waals surface area (Å²) >= 11 is 0. The lowest BCUT2D eigenvalue weighted by Crippen LogP contribution is -2.56. The first-order valence-electron chi connectivity index (χ1n) is 5.91. The molecule has 0 N–H and O–H groups in total. The molecule has 15 heavy (non-hydrogen) atoms. The van der Waals surface area contributed by atoms with Crippen LogP contribution in [-0.4, -0.2) is 28.3 Å².